The molecule has 0 amide bonds. The fourth-order valence-electron chi connectivity index (χ4n) is 0.610. The lowest BCUT2D eigenvalue weighted by Crippen LogP contribution is -2.05. The standard InChI is InChI=1S/C6H10N2S/c1-2-5(7)6-3-8-4-9-6/h3-5H,2,7H2,1H3. The number of nitrogens with zero attached hydrogens (tertiary/aromatic N) is 1. The summed E-state index contributed by atoms with van der Waals surface area (Å²) in [5, 5.41) is 0. The van der Waals surface area contributed by atoms with Gasteiger partial charge < -0.3 is 5.73 Å². The molecule has 1 aromatic rings. The minimum absolute atomic E-state index is 0.192. The number of nitrogens with two attached hydrogens (primary N) is 1. The summed E-state index contributed by atoms with van der Waals surface area (Å²) in [5.74, 6) is 0. The van der Waals surface area contributed by atoms with Gasteiger partial charge in [-0.2, -0.15) is 0 Å². The monoisotopic (exact) mass is 142 g/mol. The first-order valence-electron chi connectivity index (χ1n) is 2.98. The second-order valence-corrected chi connectivity index (χ2v) is 2.84. The van der Waals surface area contributed by atoms with Crippen molar-refractivity contribution in [2.45, 2.75) is 19.4 Å². The van der Waals surface area contributed by atoms with Crippen molar-refractivity contribution in [2.75, 3.05) is 0 Å². The summed E-state index contributed by atoms with van der Waals surface area (Å²) in [5.41, 5.74) is 7.52. The van der Waals surface area contributed by atoms with Gasteiger partial charge in [0.15, 0.2) is 0 Å². The zero-order valence-corrected chi connectivity index (χ0v) is 6.19. The molecule has 1 aromatic heterocycles. The maximum Gasteiger partial charge on any atom is 0.0794 e. The molecule has 1 atom stereocenters. The van der Waals surface area contributed by atoms with E-state index in [1.54, 1.807) is 11.3 Å². The van der Waals surface area contributed by atoms with Crippen molar-refractivity contribution in [1.82, 2.24) is 4.98 Å². The Morgan fingerprint density at radius 3 is 3.11 bits per heavy atom. The minimum Gasteiger partial charge on any atom is -0.323 e. The highest BCUT2D eigenvalue weighted by Crippen LogP contribution is 2.16. The molecule has 2 nitrogen and oxygen atoms in total. The van der Waals surface area contributed by atoms with Crippen LogP contribution in [0.15, 0.2) is 11.7 Å². The first-order valence-corrected chi connectivity index (χ1v) is 3.86. The molecule has 0 saturated heterocycles. The quantitative estimate of drug-likeness (QED) is 0.680. The van der Waals surface area contributed by atoms with Crippen molar-refractivity contribution in [2.24, 2.45) is 5.73 Å². The van der Waals surface area contributed by atoms with Gasteiger partial charge in [-0.05, 0) is 6.42 Å². The van der Waals surface area contributed by atoms with E-state index < -0.39 is 0 Å². The van der Waals surface area contributed by atoms with Crippen LogP contribution in [0.5, 0.6) is 0 Å². The Bertz CT molecular complexity index is 160. The third kappa shape index (κ3) is 1.50. The minimum atomic E-state index is 0.192. The van der Waals surface area contributed by atoms with Gasteiger partial charge in [-0.3, -0.25) is 4.98 Å². The fourth-order valence-corrected chi connectivity index (χ4v) is 1.32. The zero-order chi connectivity index (χ0) is 6.69. The molecule has 2 N–H and O–H groups in total. The molecule has 1 heterocycles. The van der Waals surface area contributed by atoms with E-state index in [2.05, 4.69) is 11.9 Å². The summed E-state index contributed by atoms with van der Waals surface area (Å²) in [6, 6.07) is 0.192. The van der Waals surface area contributed by atoms with Crippen LogP contribution in [0, 0.1) is 0 Å². The smallest absolute Gasteiger partial charge is 0.0794 e. The molecule has 1 unspecified atom stereocenters. The van der Waals surface area contributed by atoms with Crippen LogP contribution in [0.4, 0.5) is 0 Å². The van der Waals surface area contributed by atoms with Gasteiger partial charge in [-0.15, -0.1) is 11.3 Å². The third-order valence-corrected chi connectivity index (χ3v) is 2.16. The predicted octanol–water partition coefficient (Wildman–Crippen LogP) is 1.55. The van der Waals surface area contributed by atoms with Crippen molar-refractivity contribution in [3.05, 3.63) is 16.6 Å². The maximum atomic E-state index is 5.71. The van der Waals surface area contributed by atoms with Crippen molar-refractivity contribution in [3.63, 3.8) is 0 Å². The Morgan fingerprint density at radius 1 is 1.89 bits per heavy atom. The second kappa shape index (κ2) is 2.94. The van der Waals surface area contributed by atoms with Crippen LogP contribution in [0.2, 0.25) is 0 Å². The van der Waals surface area contributed by atoms with Crippen LogP contribution < -0.4 is 5.73 Å². The van der Waals surface area contributed by atoms with Gasteiger partial charge in [-0.1, -0.05) is 6.92 Å². The summed E-state index contributed by atoms with van der Waals surface area (Å²) in [6.07, 6.45) is 2.82. The molecule has 0 saturated carbocycles. The highest BCUT2D eigenvalue weighted by molar-refractivity contribution is 7.09. The van der Waals surface area contributed by atoms with E-state index in [0.717, 1.165) is 6.42 Å². The van der Waals surface area contributed by atoms with Gasteiger partial charge in [0.25, 0.3) is 0 Å². The van der Waals surface area contributed by atoms with Crippen molar-refractivity contribution in [3.8, 4) is 0 Å². The number of aromatic nitrogens is 1. The Balaban J connectivity index is 2.65. The SMILES string of the molecule is CCC(N)c1cncs1. The summed E-state index contributed by atoms with van der Waals surface area (Å²) < 4.78 is 0. The topological polar surface area (TPSA) is 38.9 Å². The molecule has 0 spiro atoms. The van der Waals surface area contributed by atoms with E-state index in [0.29, 0.717) is 0 Å². The van der Waals surface area contributed by atoms with E-state index in [4.69, 9.17) is 5.73 Å². The first kappa shape index (κ1) is 6.71. The van der Waals surface area contributed by atoms with Gasteiger partial charge in [0.1, 0.15) is 0 Å². The number of thiazole rings is 1. The average molecular weight is 142 g/mol. The lowest BCUT2D eigenvalue weighted by molar-refractivity contribution is 0.710. The van der Waals surface area contributed by atoms with Gasteiger partial charge in [0, 0.05) is 17.1 Å². The summed E-state index contributed by atoms with van der Waals surface area (Å²) in [7, 11) is 0. The molecular formula is C6H10N2S. The molecule has 1 rings (SSSR count). The van der Waals surface area contributed by atoms with E-state index in [-0.39, 0.29) is 6.04 Å². The maximum absolute atomic E-state index is 5.71. The van der Waals surface area contributed by atoms with Crippen molar-refractivity contribution >= 4 is 11.3 Å². The zero-order valence-electron chi connectivity index (χ0n) is 5.37. The van der Waals surface area contributed by atoms with Crippen LogP contribution in [0.3, 0.4) is 0 Å². The molecule has 0 radical (unpaired) electrons. The predicted molar refractivity (Wildman–Crippen MR) is 39.3 cm³/mol. The molecule has 0 bridgehead atoms. The molecule has 0 aromatic carbocycles. The molecule has 50 valence electrons. The Labute approximate surface area is 58.7 Å². The normalized spacial score (nSPS) is 13.6. The average Bonchev–Trinajstić information content (AvgIpc) is 2.37. The van der Waals surface area contributed by atoms with Crippen LogP contribution in [-0.2, 0) is 0 Å². The Hall–Kier alpha value is -0.410. The number of hydrogen-bond acceptors (Lipinski definition) is 3. The van der Waals surface area contributed by atoms with Gasteiger partial charge in [-0.25, -0.2) is 0 Å². The van der Waals surface area contributed by atoms with Gasteiger partial charge >= 0.3 is 0 Å². The van der Waals surface area contributed by atoms with Crippen molar-refractivity contribution in [1.29, 1.82) is 0 Å². The number of rotatable bonds is 2. The lowest BCUT2D eigenvalue weighted by atomic mass is 10.2. The van der Waals surface area contributed by atoms with Crippen LogP contribution >= 0.6 is 11.3 Å². The van der Waals surface area contributed by atoms with Crippen molar-refractivity contribution < 1.29 is 0 Å². The molecule has 0 aliphatic heterocycles. The lowest BCUT2D eigenvalue weighted by Gasteiger charge is -2.01. The Kier molecular flexibility index (Phi) is 2.19. The number of hydrogen-bond donors (Lipinski definition) is 1. The van der Waals surface area contributed by atoms with E-state index in [1.165, 1.54) is 4.88 Å². The molecule has 9 heavy (non-hydrogen) atoms. The molecular weight excluding hydrogens is 132 g/mol. The third-order valence-electron chi connectivity index (χ3n) is 1.26. The molecule has 0 aliphatic rings. The van der Waals surface area contributed by atoms with Gasteiger partial charge in [0.2, 0.25) is 0 Å². The van der Waals surface area contributed by atoms with E-state index >= 15 is 0 Å². The Morgan fingerprint density at radius 2 is 2.67 bits per heavy atom. The largest absolute Gasteiger partial charge is 0.323 e. The van der Waals surface area contributed by atoms with E-state index in [9.17, 15) is 0 Å². The molecule has 3 heteroatoms. The highest BCUT2D eigenvalue weighted by Gasteiger charge is 2.02. The molecule has 0 fully saturated rings. The highest BCUT2D eigenvalue weighted by atomic mass is 32.1. The van der Waals surface area contributed by atoms with Crippen LogP contribution in [-0.4, -0.2) is 4.98 Å². The summed E-state index contributed by atoms with van der Waals surface area (Å²) in [4.78, 5) is 5.11. The van der Waals surface area contributed by atoms with E-state index in [1.807, 2.05) is 11.7 Å². The van der Waals surface area contributed by atoms with Crippen LogP contribution in [0.25, 0.3) is 0 Å². The van der Waals surface area contributed by atoms with Gasteiger partial charge in [0.05, 0.1) is 5.51 Å². The van der Waals surface area contributed by atoms with Crippen LogP contribution in [0.1, 0.15) is 24.3 Å². The first-order chi connectivity index (χ1) is 4.34. The summed E-state index contributed by atoms with van der Waals surface area (Å²) >= 11 is 1.62. The molecule has 0 aliphatic carbocycles. The summed E-state index contributed by atoms with van der Waals surface area (Å²) in [6.45, 7) is 2.07. The second-order valence-electron chi connectivity index (χ2n) is 1.92. The fraction of sp³-hybridized carbons (Fsp3) is 0.500.